The Kier molecular flexibility index (Phi) is 15.5. The van der Waals surface area contributed by atoms with Gasteiger partial charge >= 0.3 is 0 Å². The molecule has 7 nitrogen and oxygen atoms in total. The number of phosphoric ester groups is 1. The summed E-state index contributed by atoms with van der Waals surface area (Å²) in [6.07, 6.45) is 18.4. The van der Waals surface area contributed by atoms with Crippen LogP contribution in [0.3, 0.4) is 0 Å². The zero-order chi connectivity index (χ0) is 24.6. The van der Waals surface area contributed by atoms with E-state index in [4.69, 9.17) is 9.05 Å². The number of carbonyl (C=O) groups is 1. The molecule has 1 amide bonds. The molecule has 1 rings (SSSR count). The summed E-state index contributed by atoms with van der Waals surface area (Å²) in [6, 6.07) is 0. The number of rotatable bonds is 19. The summed E-state index contributed by atoms with van der Waals surface area (Å²) in [5.41, 5.74) is 0. The van der Waals surface area contributed by atoms with Gasteiger partial charge in [-0.2, -0.15) is 0 Å². The van der Waals surface area contributed by atoms with E-state index in [1.165, 1.54) is 44.9 Å². The molecule has 0 bridgehead atoms. The molecule has 1 aliphatic rings. The lowest BCUT2D eigenvalue weighted by atomic mass is 10.1. The minimum atomic E-state index is -4.34. The molecule has 0 spiro atoms. The van der Waals surface area contributed by atoms with Gasteiger partial charge in [-0.1, -0.05) is 57.6 Å². The quantitative estimate of drug-likeness (QED) is 0.110. The number of unbranched alkanes of at least 4 members (excludes halogenated alkanes) is 9. The SMILES string of the molecule is CCCCCC/C=C\CCCCCCCC(=O)N1CC[C@@H](OP(=O)([O-])OCC[N+](C)(C)C)C1. The van der Waals surface area contributed by atoms with Crippen molar-refractivity contribution >= 4 is 13.7 Å². The first-order chi connectivity index (χ1) is 15.6. The van der Waals surface area contributed by atoms with Gasteiger partial charge in [0.05, 0.1) is 27.2 Å². The van der Waals surface area contributed by atoms with Crippen LogP contribution in [0.2, 0.25) is 0 Å². The van der Waals surface area contributed by atoms with E-state index in [1.807, 2.05) is 21.1 Å². The van der Waals surface area contributed by atoms with Gasteiger partial charge in [0.25, 0.3) is 7.82 Å². The van der Waals surface area contributed by atoms with Crippen molar-refractivity contribution in [2.24, 2.45) is 0 Å². The maximum atomic E-state index is 12.4. The van der Waals surface area contributed by atoms with Gasteiger partial charge in [0, 0.05) is 19.5 Å². The molecule has 194 valence electrons. The summed E-state index contributed by atoms with van der Waals surface area (Å²) in [4.78, 5) is 26.2. The number of quaternary nitrogens is 1. The summed E-state index contributed by atoms with van der Waals surface area (Å²) in [5, 5.41) is 0. The number of nitrogens with zero attached hydrogens (tertiary/aromatic N) is 2. The van der Waals surface area contributed by atoms with Crippen molar-refractivity contribution in [3.05, 3.63) is 12.2 Å². The van der Waals surface area contributed by atoms with Crippen LogP contribution in [0.1, 0.15) is 90.4 Å². The number of likely N-dealkylation sites (N-methyl/N-ethyl adjacent to an activating group) is 1. The van der Waals surface area contributed by atoms with E-state index in [2.05, 4.69) is 19.1 Å². The van der Waals surface area contributed by atoms with Crippen LogP contribution in [-0.4, -0.2) is 68.8 Å². The highest BCUT2D eigenvalue weighted by Crippen LogP contribution is 2.41. The van der Waals surface area contributed by atoms with E-state index in [-0.39, 0.29) is 12.5 Å². The maximum Gasteiger partial charge on any atom is 0.268 e. The highest BCUT2D eigenvalue weighted by Gasteiger charge is 2.29. The van der Waals surface area contributed by atoms with Crippen molar-refractivity contribution in [2.45, 2.75) is 96.5 Å². The Bertz CT molecular complexity index is 606. The van der Waals surface area contributed by atoms with Crippen molar-refractivity contribution < 1.29 is 27.8 Å². The fourth-order valence-corrected chi connectivity index (χ4v) is 4.74. The molecule has 0 aromatic carbocycles. The van der Waals surface area contributed by atoms with Crippen molar-refractivity contribution in [1.82, 2.24) is 4.90 Å². The third-order valence-corrected chi connectivity index (χ3v) is 6.99. The Morgan fingerprint density at radius 3 is 2.27 bits per heavy atom. The number of carbonyl (C=O) groups excluding carboxylic acids is 1. The van der Waals surface area contributed by atoms with Gasteiger partial charge in [0.15, 0.2) is 0 Å². The van der Waals surface area contributed by atoms with Crippen LogP contribution in [0.5, 0.6) is 0 Å². The van der Waals surface area contributed by atoms with Crippen molar-refractivity contribution in [1.29, 1.82) is 0 Å². The summed E-state index contributed by atoms with van der Waals surface area (Å²) in [7, 11) is 1.56. The van der Waals surface area contributed by atoms with E-state index in [0.717, 1.165) is 25.7 Å². The Hall–Kier alpha value is -0.720. The zero-order valence-corrected chi connectivity index (χ0v) is 22.5. The molecule has 1 saturated heterocycles. The largest absolute Gasteiger partial charge is 0.756 e. The number of allylic oxidation sites excluding steroid dienone is 2. The lowest BCUT2D eigenvalue weighted by molar-refractivity contribution is -0.870. The fourth-order valence-electron chi connectivity index (χ4n) is 3.83. The van der Waals surface area contributed by atoms with Crippen LogP contribution in [0.15, 0.2) is 12.2 Å². The molecule has 1 aliphatic heterocycles. The Labute approximate surface area is 202 Å². The van der Waals surface area contributed by atoms with Crippen LogP contribution in [0.25, 0.3) is 0 Å². The van der Waals surface area contributed by atoms with Crippen LogP contribution in [0, 0.1) is 0 Å². The van der Waals surface area contributed by atoms with E-state index >= 15 is 0 Å². The van der Waals surface area contributed by atoms with Crippen LogP contribution < -0.4 is 4.89 Å². The minimum absolute atomic E-state index is 0.0922. The van der Waals surface area contributed by atoms with E-state index in [1.54, 1.807) is 4.90 Å². The van der Waals surface area contributed by atoms with Gasteiger partial charge in [-0.05, 0) is 38.5 Å². The highest BCUT2D eigenvalue weighted by atomic mass is 31.2. The topological polar surface area (TPSA) is 78.9 Å². The lowest BCUT2D eigenvalue weighted by Gasteiger charge is -2.29. The van der Waals surface area contributed by atoms with E-state index < -0.39 is 13.9 Å². The van der Waals surface area contributed by atoms with Gasteiger partial charge in [0.2, 0.25) is 5.91 Å². The van der Waals surface area contributed by atoms with Gasteiger partial charge < -0.3 is 23.3 Å². The van der Waals surface area contributed by atoms with Gasteiger partial charge in [-0.25, -0.2) is 0 Å². The number of hydrogen-bond acceptors (Lipinski definition) is 5. The molecular formula is C25H49N2O5P. The molecule has 8 heteroatoms. The first kappa shape index (κ1) is 30.3. The molecule has 0 aliphatic carbocycles. The predicted molar refractivity (Wildman–Crippen MR) is 133 cm³/mol. The maximum absolute atomic E-state index is 12.4. The van der Waals surface area contributed by atoms with E-state index in [9.17, 15) is 14.3 Å². The number of likely N-dealkylation sites (tertiary alicyclic amines) is 1. The molecule has 0 N–H and O–H groups in total. The molecule has 2 atom stereocenters. The number of phosphoric acid groups is 1. The van der Waals surface area contributed by atoms with Gasteiger partial charge in [-0.3, -0.25) is 9.36 Å². The van der Waals surface area contributed by atoms with Gasteiger partial charge in [-0.15, -0.1) is 0 Å². The smallest absolute Gasteiger partial charge is 0.268 e. The molecule has 1 fully saturated rings. The minimum Gasteiger partial charge on any atom is -0.756 e. The second-order valence-electron chi connectivity index (χ2n) is 10.3. The van der Waals surface area contributed by atoms with E-state index in [0.29, 0.717) is 37.0 Å². The lowest BCUT2D eigenvalue weighted by Crippen LogP contribution is -2.37. The fraction of sp³-hybridized carbons (Fsp3) is 0.880. The molecule has 0 saturated carbocycles. The monoisotopic (exact) mass is 488 g/mol. The second-order valence-corrected chi connectivity index (χ2v) is 11.6. The summed E-state index contributed by atoms with van der Waals surface area (Å²) in [6.45, 7) is 3.78. The summed E-state index contributed by atoms with van der Waals surface area (Å²) >= 11 is 0. The summed E-state index contributed by atoms with van der Waals surface area (Å²) in [5.74, 6) is 0.0961. The first-order valence-corrected chi connectivity index (χ1v) is 14.5. The predicted octanol–water partition coefficient (Wildman–Crippen LogP) is 5.05. The normalized spacial score (nSPS) is 18.8. The van der Waals surface area contributed by atoms with Crippen LogP contribution in [-0.2, 0) is 18.4 Å². The van der Waals surface area contributed by atoms with Crippen molar-refractivity contribution in [3.8, 4) is 0 Å². The molecular weight excluding hydrogens is 439 g/mol. The standard InChI is InChI=1S/C25H49N2O5P/c1-5-6-7-8-9-10-11-12-13-14-15-16-17-18-25(28)26-20-19-24(23-26)32-33(29,30)31-22-21-27(2,3)4/h10-11,24H,5-9,12-23H2,1-4H3/b11-10-/t24-/m1/s1. The van der Waals surface area contributed by atoms with Gasteiger partial charge in [0.1, 0.15) is 13.2 Å². The van der Waals surface area contributed by atoms with Crippen molar-refractivity contribution in [2.75, 3.05) is 47.4 Å². The first-order valence-electron chi connectivity index (χ1n) is 13.0. The molecule has 33 heavy (non-hydrogen) atoms. The molecule has 0 aromatic rings. The Morgan fingerprint density at radius 2 is 1.64 bits per heavy atom. The van der Waals surface area contributed by atoms with Crippen LogP contribution in [0.4, 0.5) is 0 Å². The third kappa shape index (κ3) is 16.5. The Morgan fingerprint density at radius 1 is 1.03 bits per heavy atom. The molecule has 1 unspecified atom stereocenters. The van der Waals surface area contributed by atoms with Crippen molar-refractivity contribution in [3.63, 3.8) is 0 Å². The molecule has 0 aromatic heterocycles. The third-order valence-electron chi connectivity index (χ3n) is 5.94. The highest BCUT2D eigenvalue weighted by molar-refractivity contribution is 7.45. The summed E-state index contributed by atoms with van der Waals surface area (Å²) < 4.78 is 22.8. The zero-order valence-electron chi connectivity index (χ0n) is 21.6. The molecule has 1 heterocycles. The Balaban J connectivity index is 2.06. The second kappa shape index (κ2) is 16.8. The number of hydrogen-bond donors (Lipinski definition) is 0. The average Bonchev–Trinajstić information content (AvgIpc) is 3.18. The average molecular weight is 489 g/mol. The number of amides is 1. The van der Waals surface area contributed by atoms with Crippen LogP contribution >= 0.6 is 7.82 Å². The molecule has 0 radical (unpaired) electrons.